The van der Waals surface area contributed by atoms with Crippen molar-refractivity contribution in [1.82, 2.24) is 14.9 Å². The number of aryl methyl sites for hydroxylation is 1. The SMILES string of the molecule is O=C([C@H](O)c1cccc(Cl)c1)N1CCCc2nc(C3(c4cccc(-c5cc6ccccc6s5)c4)CC3)[nH]c(=O)c2C1. The molecule has 0 radical (unpaired) electrons. The lowest BCUT2D eigenvalue weighted by Crippen LogP contribution is -2.36. The van der Waals surface area contributed by atoms with Gasteiger partial charge >= 0.3 is 0 Å². The molecule has 41 heavy (non-hydrogen) atoms. The zero-order valence-electron chi connectivity index (χ0n) is 22.3. The molecule has 3 heterocycles. The minimum atomic E-state index is -1.34. The van der Waals surface area contributed by atoms with Crippen LogP contribution in [0.3, 0.4) is 0 Å². The standard InChI is InChI=1S/C33H28ClN3O3S/c34-24-10-4-8-22(17-24)29(38)31(40)37-15-5-11-26-25(19-37)30(39)36-32(35-26)33(13-14-33)23-9-3-7-20(16-23)28-18-21-6-1-2-12-27(21)41-28/h1-4,6-10,12,16-18,29,38H,5,11,13-15,19H2,(H,35,36,39)/t29-/m1/s1. The molecule has 2 N–H and O–H groups in total. The fourth-order valence-corrected chi connectivity index (χ4v) is 7.17. The van der Waals surface area contributed by atoms with Crippen LogP contribution in [0.5, 0.6) is 0 Å². The molecule has 1 amide bonds. The monoisotopic (exact) mass is 581 g/mol. The highest BCUT2D eigenvalue weighted by molar-refractivity contribution is 7.22. The molecule has 0 unspecified atom stereocenters. The van der Waals surface area contributed by atoms with Crippen molar-refractivity contribution in [2.75, 3.05) is 6.54 Å². The predicted molar refractivity (Wildman–Crippen MR) is 162 cm³/mol. The number of aromatic amines is 1. The zero-order valence-corrected chi connectivity index (χ0v) is 23.8. The van der Waals surface area contributed by atoms with E-state index in [9.17, 15) is 14.7 Å². The van der Waals surface area contributed by atoms with Gasteiger partial charge in [-0.1, -0.05) is 60.1 Å². The number of H-pyrrole nitrogens is 1. The van der Waals surface area contributed by atoms with Crippen LogP contribution in [0.4, 0.5) is 0 Å². The van der Waals surface area contributed by atoms with Gasteiger partial charge in [0.05, 0.1) is 23.2 Å². The Hall–Kier alpha value is -3.78. The smallest absolute Gasteiger partial charge is 0.256 e. The largest absolute Gasteiger partial charge is 0.378 e. The maximum atomic E-state index is 13.5. The Bertz CT molecular complexity index is 1830. The number of hydrogen-bond donors (Lipinski definition) is 2. The maximum Gasteiger partial charge on any atom is 0.256 e. The lowest BCUT2D eigenvalue weighted by molar-refractivity contribution is -0.141. The Kier molecular flexibility index (Phi) is 6.53. The summed E-state index contributed by atoms with van der Waals surface area (Å²) in [5.74, 6) is 0.258. The summed E-state index contributed by atoms with van der Waals surface area (Å²) in [5.41, 5.74) is 3.46. The Morgan fingerprint density at radius 1 is 1.05 bits per heavy atom. The van der Waals surface area contributed by atoms with E-state index < -0.39 is 12.0 Å². The first kappa shape index (κ1) is 26.1. The van der Waals surface area contributed by atoms with Gasteiger partial charge < -0.3 is 15.0 Å². The number of aliphatic hydroxyl groups is 1. The molecule has 206 valence electrons. The molecule has 0 bridgehead atoms. The normalized spacial score (nSPS) is 16.7. The number of benzene rings is 3. The summed E-state index contributed by atoms with van der Waals surface area (Å²) in [7, 11) is 0. The molecule has 2 aliphatic rings. The lowest BCUT2D eigenvalue weighted by atomic mass is 9.92. The number of amides is 1. The summed E-state index contributed by atoms with van der Waals surface area (Å²) >= 11 is 7.84. The number of hydrogen-bond acceptors (Lipinski definition) is 5. The highest BCUT2D eigenvalue weighted by Crippen LogP contribution is 2.52. The minimum Gasteiger partial charge on any atom is -0.378 e. The van der Waals surface area contributed by atoms with Crippen molar-refractivity contribution in [3.63, 3.8) is 0 Å². The van der Waals surface area contributed by atoms with Crippen LogP contribution in [0.15, 0.2) is 83.7 Å². The van der Waals surface area contributed by atoms with Crippen LogP contribution in [0.25, 0.3) is 20.5 Å². The van der Waals surface area contributed by atoms with Crippen molar-refractivity contribution in [1.29, 1.82) is 0 Å². The number of fused-ring (bicyclic) bond motifs is 2. The van der Waals surface area contributed by atoms with Crippen LogP contribution in [-0.2, 0) is 23.2 Å². The number of carbonyl (C=O) groups is 1. The summed E-state index contributed by atoms with van der Waals surface area (Å²) in [4.78, 5) is 37.6. The second-order valence-corrected chi connectivity index (χ2v) is 12.5. The number of carbonyl (C=O) groups excluding carboxylic acids is 1. The van der Waals surface area contributed by atoms with E-state index >= 15 is 0 Å². The highest BCUT2D eigenvalue weighted by Gasteiger charge is 2.49. The van der Waals surface area contributed by atoms with E-state index in [1.54, 1.807) is 40.5 Å². The number of rotatable bonds is 5. The first-order valence-electron chi connectivity index (χ1n) is 13.9. The molecule has 6 nitrogen and oxygen atoms in total. The van der Waals surface area contributed by atoms with Gasteiger partial charge in [0.25, 0.3) is 11.5 Å². The third kappa shape index (κ3) is 4.78. The molecule has 1 atom stereocenters. The van der Waals surface area contributed by atoms with Gasteiger partial charge in [-0.05, 0) is 78.1 Å². The molecule has 8 heteroatoms. The van der Waals surface area contributed by atoms with Gasteiger partial charge in [-0.3, -0.25) is 9.59 Å². The Balaban J connectivity index is 1.18. The molecule has 3 aromatic carbocycles. The van der Waals surface area contributed by atoms with Crippen LogP contribution in [0, 0.1) is 0 Å². The van der Waals surface area contributed by atoms with Crippen LogP contribution >= 0.6 is 22.9 Å². The van der Waals surface area contributed by atoms with Crippen molar-refractivity contribution in [2.24, 2.45) is 0 Å². The Labute approximate surface area is 246 Å². The zero-order chi connectivity index (χ0) is 28.1. The first-order chi connectivity index (χ1) is 19.9. The predicted octanol–water partition coefficient (Wildman–Crippen LogP) is 6.39. The van der Waals surface area contributed by atoms with Crippen molar-refractivity contribution < 1.29 is 9.90 Å². The second kappa shape index (κ2) is 10.2. The molecule has 2 aromatic heterocycles. The molecular formula is C33H28ClN3O3S. The summed E-state index contributed by atoms with van der Waals surface area (Å²) in [6, 6.07) is 25.9. The van der Waals surface area contributed by atoms with Crippen molar-refractivity contribution >= 4 is 38.9 Å². The van der Waals surface area contributed by atoms with E-state index in [0.717, 1.165) is 24.1 Å². The number of halogens is 1. The summed E-state index contributed by atoms with van der Waals surface area (Å²) in [6.45, 7) is 0.548. The molecule has 1 fully saturated rings. The number of nitrogens with zero attached hydrogens (tertiary/aromatic N) is 2. The number of aliphatic hydroxyl groups excluding tert-OH is 1. The van der Waals surface area contributed by atoms with E-state index in [-0.39, 0.29) is 17.5 Å². The quantitative estimate of drug-likeness (QED) is 0.252. The molecule has 5 aromatic rings. The third-order valence-corrected chi connectivity index (χ3v) is 9.73. The molecule has 0 spiro atoms. The third-order valence-electron chi connectivity index (χ3n) is 8.33. The number of thiophene rings is 1. The van der Waals surface area contributed by atoms with Crippen LogP contribution < -0.4 is 5.56 Å². The first-order valence-corrected chi connectivity index (χ1v) is 15.1. The van der Waals surface area contributed by atoms with Crippen LogP contribution in [-0.4, -0.2) is 32.4 Å². The van der Waals surface area contributed by atoms with E-state index in [0.29, 0.717) is 41.4 Å². The average molecular weight is 582 g/mol. The fraction of sp³-hybridized carbons (Fsp3) is 0.242. The van der Waals surface area contributed by atoms with Gasteiger partial charge in [-0.25, -0.2) is 4.98 Å². The average Bonchev–Trinajstić information content (AvgIpc) is 3.73. The van der Waals surface area contributed by atoms with Crippen molar-refractivity contribution in [3.8, 4) is 10.4 Å². The molecule has 0 saturated heterocycles. The Morgan fingerprint density at radius 2 is 1.88 bits per heavy atom. The van der Waals surface area contributed by atoms with Gasteiger partial charge in [-0.2, -0.15) is 0 Å². The molecule has 1 aliphatic carbocycles. The Morgan fingerprint density at radius 3 is 2.68 bits per heavy atom. The molecule has 1 aliphatic heterocycles. The van der Waals surface area contributed by atoms with Crippen LogP contribution in [0.1, 0.15) is 53.6 Å². The lowest BCUT2D eigenvalue weighted by Gasteiger charge is -2.24. The number of aromatic nitrogens is 2. The molecular weight excluding hydrogens is 554 g/mol. The van der Waals surface area contributed by atoms with Gasteiger partial charge in [0.2, 0.25) is 0 Å². The van der Waals surface area contributed by atoms with Gasteiger partial charge in [-0.15, -0.1) is 11.3 Å². The summed E-state index contributed by atoms with van der Waals surface area (Å²) in [5, 5.41) is 12.4. The van der Waals surface area contributed by atoms with Crippen molar-refractivity contribution in [2.45, 2.75) is 43.7 Å². The highest BCUT2D eigenvalue weighted by atomic mass is 35.5. The van der Waals surface area contributed by atoms with Gasteiger partial charge in [0.15, 0.2) is 6.10 Å². The van der Waals surface area contributed by atoms with E-state index in [4.69, 9.17) is 16.6 Å². The van der Waals surface area contributed by atoms with Gasteiger partial charge in [0.1, 0.15) is 5.82 Å². The van der Waals surface area contributed by atoms with Crippen LogP contribution in [0.2, 0.25) is 5.02 Å². The minimum absolute atomic E-state index is 0.114. The molecule has 1 saturated carbocycles. The second-order valence-electron chi connectivity index (χ2n) is 11.0. The van der Waals surface area contributed by atoms with E-state index in [1.807, 2.05) is 0 Å². The topological polar surface area (TPSA) is 86.3 Å². The number of nitrogens with one attached hydrogen (secondary N) is 1. The molecule has 7 rings (SSSR count). The van der Waals surface area contributed by atoms with E-state index in [2.05, 4.69) is 59.6 Å². The summed E-state index contributed by atoms with van der Waals surface area (Å²) in [6.07, 6.45) is 1.75. The maximum absolute atomic E-state index is 13.5. The van der Waals surface area contributed by atoms with Crippen molar-refractivity contribution in [3.05, 3.63) is 122 Å². The summed E-state index contributed by atoms with van der Waals surface area (Å²) < 4.78 is 1.26. The van der Waals surface area contributed by atoms with Gasteiger partial charge in [0, 0.05) is 21.1 Å². The van der Waals surface area contributed by atoms with E-state index in [1.165, 1.54) is 20.5 Å². The fourth-order valence-electron chi connectivity index (χ4n) is 5.91.